The van der Waals surface area contributed by atoms with E-state index in [2.05, 4.69) is 0 Å². The molecule has 0 radical (unpaired) electrons. The summed E-state index contributed by atoms with van der Waals surface area (Å²) in [6.07, 6.45) is -4.85. The van der Waals surface area contributed by atoms with E-state index in [0.717, 1.165) is 0 Å². The van der Waals surface area contributed by atoms with Gasteiger partial charge >= 0.3 is 0 Å². The van der Waals surface area contributed by atoms with Crippen molar-refractivity contribution in [3.05, 3.63) is 0 Å². The molecule has 12 heavy (non-hydrogen) atoms. The lowest BCUT2D eigenvalue weighted by Crippen LogP contribution is -2.61. The summed E-state index contributed by atoms with van der Waals surface area (Å²) in [5.41, 5.74) is 5.26. The molecule has 6 heteroatoms. The topological polar surface area (TPSA) is 116 Å². The molecule has 1 heterocycles. The molecule has 0 amide bonds. The summed E-state index contributed by atoms with van der Waals surface area (Å²) in [6.45, 7) is -0.470. The molecule has 72 valence electrons. The molecule has 0 spiro atoms. The highest BCUT2D eigenvalue weighted by molar-refractivity contribution is 4.90. The molecule has 0 aromatic carbocycles. The number of rotatable bonds is 1. The molecule has 0 aromatic heterocycles. The maximum absolute atomic E-state index is 9.20. The summed E-state index contributed by atoms with van der Waals surface area (Å²) >= 11 is 0. The normalized spacial score (nSPS) is 49.2. The lowest BCUT2D eigenvalue weighted by atomic mass is 9.98. The minimum absolute atomic E-state index is 0.470. The molecule has 0 aromatic rings. The summed E-state index contributed by atoms with van der Waals surface area (Å²) in [5.74, 6) is 0. The monoisotopic (exact) mass is 179 g/mol. The van der Waals surface area contributed by atoms with Gasteiger partial charge in [-0.25, -0.2) is 0 Å². The molecule has 1 aliphatic rings. The smallest absolute Gasteiger partial charge is 0.173 e. The molecule has 5 atom stereocenters. The Bertz CT molecular complexity index is 150. The minimum atomic E-state index is -1.35. The van der Waals surface area contributed by atoms with E-state index >= 15 is 0 Å². The first-order valence-corrected chi connectivity index (χ1v) is 3.64. The van der Waals surface area contributed by atoms with Crippen LogP contribution in [0.25, 0.3) is 0 Å². The second kappa shape index (κ2) is 3.65. The van der Waals surface area contributed by atoms with Gasteiger partial charge in [0.05, 0.1) is 12.6 Å². The number of aliphatic hydroxyl groups excluding tert-OH is 4. The summed E-state index contributed by atoms with van der Waals surface area (Å²) in [5, 5.41) is 36.1. The van der Waals surface area contributed by atoms with Crippen LogP contribution in [0.2, 0.25) is 0 Å². The molecular weight excluding hydrogens is 166 g/mol. The van der Waals surface area contributed by atoms with Gasteiger partial charge in [-0.15, -0.1) is 0 Å². The molecule has 1 aliphatic heterocycles. The SMILES string of the molecule is N[C@@H]1[C@H](O)[C@H](O)C(CO)O[C@@H]1O. The number of ether oxygens (including phenoxy) is 1. The van der Waals surface area contributed by atoms with Crippen molar-refractivity contribution in [2.75, 3.05) is 6.61 Å². The van der Waals surface area contributed by atoms with Gasteiger partial charge < -0.3 is 30.9 Å². The van der Waals surface area contributed by atoms with Gasteiger partial charge in [0.1, 0.15) is 18.3 Å². The second-order valence-corrected chi connectivity index (χ2v) is 2.81. The van der Waals surface area contributed by atoms with Crippen molar-refractivity contribution in [1.82, 2.24) is 0 Å². The Morgan fingerprint density at radius 1 is 1.17 bits per heavy atom. The third kappa shape index (κ3) is 1.58. The molecule has 0 aliphatic carbocycles. The first-order valence-electron chi connectivity index (χ1n) is 3.64. The quantitative estimate of drug-likeness (QED) is 0.288. The Hall–Kier alpha value is -0.240. The summed E-state index contributed by atoms with van der Waals surface area (Å²) in [6, 6.07) is -1.04. The van der Waals surface area contributed by atoms with E-state index in [1.54, 1.807) is 0 Å². The van der Waals surface area contributed by atoms with E-state index in [1.807, 2.05) is 0 Å². The van der Waals surface area contributed by atoms with Crippen molar-refractivity contribution < 1.29 is 25.2 Å². The summed E-state index contributed by atoms with van der Waals surface area (Å²) < 4.78 is 4.70. The first-order chi connectivity index (χ1) is 5.57. The highest BCUT2D eigenvalue weighted by Gasteiger charge is 2.41. The zero-order valence-electron chi connectivity index (χ0n) is 6.37. The number of aliphatic hydroxyl groups is 4. The molecular formula is C6H13NO5. The van der Waals surface area contributed by atoms with Gasteiger partial charge in [0.2, 0.25) is 0 Å². The Balaban J connectivity index is 2.63. The van der Waals surface area contributed by atoms with E-state index < -0.39 is 37.3 Å². The molecule has 1 unspecified atom stereocenters. The second-order valence-electron chi connectivity index (χ2n) is 2.81. The number of hydrogen-bond donors (Lipinski definition) is 5. The molecule has 1 rings (SSSR count). The third-order valence-corrected chi connectivity index (χ3v) is 1.95. The molecule has 1 saturated heterocycles. The summed E-state index contributed by atoms with van der Waals surface area (Å²) in [4.78, 5) is 0. The van der Waals surface area contributed by atoms with Gasteiger partial charge in [-0.05, 0) is 0 Å². The first kappa shape index (κ1) is 9.85. The lowest BCUT2D eigenvalue weighted by molar-refractivity contribution is -0.248. The third-order valence-electron chi connectivity index (χ3n) is 1.95. The highest BCUT2D eigenvalue weighted by Crippen LogP contribution is 2.17. The van der Waals surface area contributed by atoms with Gasteiger partial charge in [0, 0.05) is 0 Å². The number of hydrogen-bond acceptors (Lipinski definition) is 6. The van der Waals surface area contributed by atoms with Gasteiger partial charge in [-0.1, -0.05) is 0 Å². The van der Waals surface area contributed by atoms with Gasteiger partial charge in [-0.3, -0.25) is 0 Å². The van der Waals surface area contributed by atoms with Crippen molar-refractivity contribution in [3.63, 3.8) is 0 Å². The van der Waals surface area contributed by atoms with Crippen LogP contribution < -0.4 is 5.73 Å². The van der Waals surface area contributed by atoms with E-state index in [4.69, 9.17) is 20.7 Å². The predicted molar refractivity (Wildman–Crippen MR) is 38.0 cm³/mol. The lowest BCUT2D eigenvalue weighted by Gasteiger charge is -2.38. The van der Waals surface area contributed by atoms with E-state index in [-0.39, 0.29) is 0 Å². The molecule has 0 saturated carbocycles. The van der Waals surface area contributed by atoms with Gasteiger partial charge in [-0.2, -0.15) is 0 Å². The standard InChI is InChI=1S/C6H13NO5/c7-3-5(10)4(9)2(1-8)12-6(3)11/h2-6,8-11H,1,7H2/t2?,3-,4-,5+,6+/m1/s1. The average molecular weight is 179 g/mol. The largest absolute Gasteiger partial charge is 0.394 e. The maximum Gasteiger partial charge on any atom is 0.173 e. The fraction of sp³-hybridized carbons (Fsp3) is 1.00. The van der Waals surface area contributed by atoms with Gasteiger partial charge in [0.25, 0.3) is 0 Å². The van der Waals surface area contributed by atoms with Crippen LogP contribution in [0.15, 0.2) is 0 Å². The minimum Gasteiger partial charge on any atom is -0.394 e. The van der Waals surface area contributed by atoms with E-state index in [1.165, 1.54) is 0 Å². The van der Waals surface area contributed by atoms with Crippen molar-refractivity contribution in [1.29, 1.82) is 0 Å². The van der Waals surface area contributed by atoms with Crippen LogP contribution >= 0.6 is 0 Å². The Morgan fingerprint density at radius 2 is 1.75 bits per heavy atom. The molecule has 0 bridgehead atoms. The Morgan fingerprint density at radius 3 is 2.25 bits per heavy atom. The molecule has 1 fully saturated rings. The zero-order chi connectivity index (χ0) is 9.30. The van der Waals surface area contributed by atoms with Crippen LogP contribution in [0.4, 0.5) is 0 Å². The van der Waals surface area contributed by atoms with Crippen LogP contribution in [-0.4, -0.2) is 57.7 Å². The van der Waals surface area contributed by atoms with Crippen LogP contribution in [0.1, 0.15) is 0 Å². The fourth-order valence-corrected chi connectivity index (χ4v) is 1.12. The molecule has 6 N–H and O–H groups in total. The van der Waals surface area contributed by atoms with Crippen LogP contribution in [0.3, 0.4) is 0 Å². The number of nitrogens with two attached hydrogens (primary N) is 1. The van der Waals surface area contributed by atoms with E-state index in [0.29, 0.717) is 0 Å². The predicted octanol–water partition coefficient (Wildman–Crippen LogP) is -3.26. The van der Waals surface area contributed by atoms with Crippen molar-refractivity contribution in [2.24, 2.45) is 5.73 Å². The van der Waals surface area contributed by atoms with Crippen LogP contribution in [0.5, 0.6) is 0 Å². The van der Waals surface area contributed by atoms with Gasteiger partial charge in [0.15, 0.2) is 6.29 Å². The van der Waals surface area contributed by atoms with Crippen LogP contribution in [0, 0.1) is 0 Å². The van der Waals surface area contributed by atoms with Crippen molar-refractivity contribution >= 4 is 0 Å². The highest BCUT2D eigenvalue weighted by atomic mass is 16.6. The average Bonchev–Trinajstić information content (AvgIpc) is 2.08. The Kier molecular flexibility index (Phi) is 2.99. The van der Waals surface area contributed by atoms with Crippen molar-refractivity contribution in [3.8, 4) is 0 Å². The molecule has 6 nitrogen and oxygen atoms in total. The fourth-order valence-electron chi connectivity index (χ4n) is 1.12. The Labute approximate surface area is 69.2 Å². The van der Waals surface area contributed by atoms with E-state index in [9.17, 15) is 10.2 Å². The maximum atomic E-state index is 9.20. The zero-order valence-corrected chi connectivity index (χ0v) is 6.37. The van der Waals surface area contributed by atoms with Crippen molar-refractivity contribution in [2.45, 2.75) is 30.6 Å². The summed E-state index contributed by atoms with van der Waals surface area (Å²) in [7, 11) is 0. The van der Waals surface area contributed by atoms with Crippen LogP contribution in [-0.2, 0) is 4.74 Å².